The van der Waals surface area contributed by atoms with Gasteiger partial charge in [0.25, 0.3) is 0 Å². The minimum absolute atomic E-state index is 0.0382. The van der Waals surface area contributed by atoms with Gasteiger partial charge in [0.1, 0.15) is 12.1 Å². The molecule has 0 saturated carbocycles. The third kappa shape index (κ3) is 8.08. The number of aromatic amines is 1. The number of benzene rings is 1. The summed E-state index contributed by atoms with van der Waals surface area (Å²) in [6, 6.07) is 4.04. The average molecular weight is 504 g/mol. The van der Waals surface area contributed by atoms with Crippen molar-refractivity contribution in [1.29, 1.82) is 0 Å². The summed E-state index contributed by atoms with van der Waals surface area (Å²) in [7, 11) is 0. The molecular weight excluding hydrogens is 470 g/mol. The number of carboxylic acid groups (broad SMARTS) is 2. The second-order valence-corrected chi connectivity index (χ2v) is 8.65. The first-order chi connectivity index (χ1) is 17.0. The van der Waals surface area contributed by atoms with Crippen LogP contribution in [-0.2, 0) is 30.4 Å². The molecule has 0 radical (unpaired) electrons. The van der Waals surface area contributed by atoms with Crippen LogP contribution in [0.15, 0.2) is 30.5 Å². The van der Waals surface area contributed by atoms with Crippen molar-refractivity contribution >= 4 is 40.6 Å². The first kappa shape index (κ1) is 28.3. The molecular formula is C24H33N5O7. The Morgan fingerprint density at radius 2 is 1.75 bits per heavy atom. The van der Waals surface area contributed by atoms with Gasteiger partial charge in [0.15, 0.2) is 0 Å². The Kier molecular flexibility index (Phi) is 10.4. The van der Waals surface area contributed by atoms with Crippen LogP contribution in [-0.4, -0.2) is 69.5 Å². The van der Waals surface area contributed by atoms with E-state index >= 15 is 0 Å². The van der Waals surface area contributed by atoms with Gasteiger partial charge in [0.2, 0.25) is 17.7 Å². The van der Waals surface area contributed by atoms with E-state index in [4.69, 9.17) is 10.8 Å². The lowest BCUT2D eigenvalue weighted by atomic mass is 9.97. The molecule has 0 fully saturated rings. The summed E-state index contributed by atoms with van der Waals surface area (Å²) in [5.74, 6) is -4.66. The van der Waals surface area contributed by atoms with Crippen molar-refractivity contribution in [2.24, 2.45) is 11.7 Å². The Labute approximate surface area is 208 Å². The van der Waals surface area contributed by atoms with Crippen LogP contribution in [0.25, 0.3) is 10.9 Å². The number of aliphatic carboxylic acids is 2. The zero-order chi connectivity index (χ0) is 26.8. The van der Waals surface area contributed by atoms with Crippen LogP contribution < -0.4 is 21.7 Å². The zero-order valence-electron chi connectivity index (χ0n) is 20.2. The molecule has 0 spiro atoms. The maximum Gasteiger partial charge on any atom is 0.326 e. The fourth-order valence-corrected chi connectivity index (χ4v) is 3.62. The standard InChI is InChI=1S/C24H33N5O7/c1-3-13(2)21(29-19(30)12-27-22(33)16(25)8-9-20(31)32)23(34)28-18(24(35)36)10-14-11-26-17-7-5-4-6-15(14)17/h4-7,11,13,16,18,21,26H,3,8-10,12,25H2,1-2H3,(H,27,33)(H,28,34)(H,29,30)(H,31,32)(H,35,36). The van der Waals surface area contributed by atoms with E-state index in [-0.39, 0.29) is 25.2 Å². The van der Waals surface area contributed by atoms with E-state index in [1.54, 1.807) is 13.1 Å². The lowest BCUT2D eigenvalue weighted by Gasteiger charge is -2.25. The number of aromatic nitrogens is 1. The Balaban J connectivity index is 2.01. The van der Waals surface area contributed by atoms with Gasteiger partial charge >= 0.3 is 11.9 Å². The predicted molar refractivity (Wildman–Crippen MR) is 131 cm³/mol. The molecule has 0 saturated heterocycles. The van der Waals surface area contributed by atoms with Gasteiger partial charge in [-0.1, -0.05) is 38.5 Å². The van der Waals surface area contributed by atoms with Crippen LogP contribution in [0.2, 0.25) is 0 Å². The van der Waals surface area contributed by atoms with E-state index in [0.29, 0.717) is 6.42 Å². The van der Waals surface area contributed by atoms with Gasteiger partial charge in [-0.15, -0.1) is 0 Å². The van der Waals surface area contributed by atoms with Crippen molar-refractivity contribution in [1.82, 2.24) is 20.9 Å². The quantitative estimate of drug-likeness (QED) is 0.188. The molecule has 0 aliphatic heterocycles. The molecule has 2 rings (SSSR count). The molecule has 4 atom stereocenters. The first-order valence-corrected chi connectivity index (χ1v) is 11.7. The van der Waals surface area contributed by atoms with Gasteiger partial charge in [0, 0.05) is 29.9 Å². The highest BCUT2D eigenvalue weighted by molar-refractivity contribution is 5.93. The van der Waals surface area contributed by atoms with E-state index in [2.05, 4.69) is 20.9 Å². The van der Waals surface area contributed by atoms with Gasteiger partial charge in [-0.05, 0) is 24.0 Å². The number of para-hydroxylation sites is 1. The molecule has 0 bridgehead atoms. The van der Waals surface area contributed by atoms with Crippen molar-refractivity contribution in [3.63, 3.8) is 0 Å². The second kappa shape index (κ2) is 13.2. The van der Waals surface area contributed by atoms with Crippen LogP contribution in [0.1, 0.15) is 38.7 Å². The second-order valence-electron chi connectivity index (χ2n) is 8.65. The highest BCUT2D eigenvalue weighted by Gasteiger charge is 2.30. The van der Waals surface area contributed by atoms with E-state index < -0.39 is 54.3 Å². The van der Waals surface area contributed by atoms with Crippen molar-refractivity contribution < 1.29 is 34.2 Å². The Morgan fingerprint density at radius 3 is 2.39 bits per heavy atom. The molecule has 0 aliphatic rings. The lowest BCUT2D eigenvalue weighted by molar-refractivity contribution is -0.142. The zero-order valence-corrected chi connectivity index (χ0v) is 20.2. The summed E-state index contributed by atoms with van der Waals surface area (Å²) in [6.07, 6.45) is 1.88. The molecule has 1 aromatic heterocycles. The van der Waals surface area contributed by atoms with Crippen LogP contribution in [0, 0.1) is 5.92 Å². The third-order valence-electron chi connectivity index (χ3n) is 5.95. The number of hydrogen-bond acceptors (Lipinski definition) is 6. The minimum Gasteiger partial charge on any atom is -0.481 e. The largest absolute Gasteiger partial charge is 0.481 e. The minimum atomic E-state index is -1.23. The highest BCUT2D eigenvalue weighted by atomic mass is 16.4. The molecule has 8 N–H and O–H groups in total. The molecule has 2 aromatic rings. The first-order valence-electron chi connectivity index (χ1n) is 11.7. The summed E-state index contributed by atoms with van der Waals surface area (Å²) < 4.78 is 0. The van der Waals surface area contributed by atoms with Gasteiger partial charge in [-0.2, -0.15) is 0 Å². The maximum atomic E-state index is 13.0. The number of nitrogens with two attached hydrogens (primary N) is 1. The number of amides is 3. The third-order valence-corrected chi connectivity index (χ3v) is 5.95. The summed E-state index contributed by atoms with van der Waals surface area (Å²) >= 11 is 0. The van der Waals surface area contributed by atoms with Crippen LogP contribution >= 0.6 is 0 Å². The van der Waals surface area contributed by atoms with Gasteiger partial charge in [0.05, 0.1) is 12.6 Å². The Morgan fingerprint density at radius 1 is 1.06 bits per heavy atom. The molecule has 4 unspecified atom stereocenters. The molecule has 1 heterocycles. The van der Waals surface area contributed by atoms with Crippen molar-refractivity contribution in [2.45, 2.75) is 57.7 Å². The van der Waals surface area contributed by atoms with Gasteiger partial charge in [-0.3, -0.25) is 19.2 Å². The van der Waals surface area contributed by atoms with E-state index in [1.165, 1.54) is 0 Å². The SMILES string of the molecule is CCC(C)C(NC(=O)CNC(=O)C(N)CCC(=O)O)C(=O)NC(Cc1c[nH]c2ccccc12)C(=O)O. The van der Waals surface area contributed by atoms with Crippen LogP contribution in [0.5, 0.6) is 0 Å². The fraction of sp³-hybridized carbons (Fsp3) is 0.458. The molecule has 3 amide bonds. The Hall–Kier alpha value is -3.93. The van der Waals surface area contributed by atoms with E-state index in [0.717, 1.165) is 16.5 Å². The number of fused-ring (bicyclic) bond motifs is 1. The smallest absolute Gasteiger partial charge is 0.326 e. The topological polar surface area (TPSA) is 204 Å². The van der Waals surface area contributed by atoms with Gasteiger partial charge in [-0.25, -0.2) is 4.79 Å². The number of carbonyl (C=O) groups is 5. The number of carboxylic acids is 2. The molecule has 12 heteroatoms. The Bertz CT molecular complexity index is 1100. The molecule has 1 aromatic carbocycles. The number of carbonyl (C=O) groups excluding carboxylic acids is 3. The maximum absolute atomic E-state index is 13.0. The lowest BCUT2D eigenvalue weighted by Crippen LogP contribution is -2.56. The molecule has 196 valence electrons. The fourth-order valence-electron chi connectivity index (χ4n) is 3.62. The van der Waals surface area contributed by atoms with Crippen molar-refractivity contribution in [2.75, 3.05) is 6.54 Å². The summed E-state index contributed by atoms with van der Waals surface area (Å²) in [4.78, 5) is 63.0. The van der Waals surface area contributed by atoms with Crippen molar-refractivity contribution in [3.8, 4) is 0 Å². The van der Waals surface area contributed by atoms with Crippen LogP contribution in [0.3, 0.4) is 0 Å². The summed E-state index contributed by atoms with van der Waals surface area (Å²) in [5, 5.41) is 26.6. The number of hydrogen-bond donors (Lipinski definition) is 7. The average Bonchev–Trinajstić information content (AvgIpc) is 3.25. The highest BCUT2D eigenvalue weighted by Crippen LogP contribution is 2.19. The normalized spacial score (nSPS) is 14.3. The molecule has 0 aliphatic carbocycles. The molecule has 12 nitrogen and oxygen atoms in total. The van der Waals surface area contributed by atoms with E-state index in [1.807, 2.05) is 31.2 Å². The number of rotatable bonds is 14. The van der Waals surface area contributed by atoms with Gasteiger partial charge < -0.3 is 36.9 Å². The van der Waals surface area contributed by atoms with Crippen LogP contribution in [0.4, 0.5) is 0 Å². The predicted octanol–water partition coefficient (Wildman–Crippen LogP) is 0.119. The summed E-state index contributed by atoms with van der Waals surface area (Å²) in [6.45, 7) is 3.08. The van der Waals surface area contributed by atoms with Crippen molar-refractivity contribution in [3.05, 3.63) is 36.0 Å². The number of nitrogens with one attached hydrogen (secondary N) is 4. The van der Waals surface area contributed by atoms with E-state index in [9.17, 15) is 29.1 Å². The monoisotopic (exact) mass is 503 g/mol. The number of H-pyrrole nitrogens is 1. The summed E-state index contributed by atoms with van der Waals surface area (Å²) in [5.41, 5.74) is 7.19. The molecule has 36 heavy (non-hydrogen) atoms.